The van der Waals surface area contributed by atoms with Crippen LogP contribution in [-0.2, 0) is 6.54 Å². The highest BCUT2D eigenvalue weighted by molar-refractivity contribution is 7.00. The second-order valence-corrected chi connectivity index (χ2v) is 6.35. The van der Waals surface area contributed by atoms with Crippen molar-refractivity contribution in [3.8, 4) is 5.82 Å². The van der Waals surface area contributed by atoms with E-state index in [2.05, 4.69) is 24.1 Å². The highest BCUT2D eigenvalue weighted by atomic mass is 32.1. The Morgan fingerprint density at radius 3 is 2.85 bits per heavy atom. The molecule has 27 heavy (non-hydrogen) atoms. The molecule has 0 atom stereocenters. The molecule has 0 radical (unpaired) electrons. The summed E-state index contributed by atoms with van der Waals surface area (Å²) in [6.07, 6.45) is 3.44. The van der Waals surface area contributed by atoms with Gasteiger partial charge in [-0.3, -0.25) is 14.2 Å². The molecule has 9 nitrogen and oxygen atoms in total. The van der Waals surface area contributed by atoms with Crippen molar-refractivity contribution in [1.29, 1.82) is 0 Å². The molecule has 3 heterocycles. The van der Waals surface area contributed by atoms with Crippen LogP contribution < -0.4 is 10.9 Å². The largest absolute Gasteiger partial charge is 0.350 e. The van der Waals surface area contributed by atoms with Gasteiger partial charge < -0.3 is 5.32 Å². The van der Waals surface area contributed by atoms with Gasteiger partial charge in [-0.15, -0.1) is 0 Å². The minimum absolute atomic E-state index is 0.235. The molecule has 0 fully saturated rings. The maximum atomic E-state index is 12.3. The first kappa shape index (κ1) is 17.0. The molecule has 3 aromatic heterocycles. The second kappa shape index (κ2) is 7.08. The number of hydrogen-bond donors (Lipinski definition) is 1. The van der Waals surface area contributed by atoms with Gasteiger partial charge in [0.15, 0.2) is 5.82 Å². The Hall–Kier alpha value is -3.40. The SMILES string of the molecule is Cc1nccn1-c1ccc(=O)n(CCNC(=O)c2ccc3nsnc3c2)n1. The number of benzene rings is 1. The van der Waals surface area contributed by atoms with Crippen LogP contribution in [0, 0.1) is 6.92 Å². The van der Waals surface area contributed by atoms with Crippen LogP contribution in [0.1, 0.15) is 16.2 Å². The number of amides is 1. The third kappa shape index (κ3) is 3.47. The summed E-state index contributed by atoms with van der Waals surface area (Å²) in [5.74, 6) is 1.13. The van der Waals surface area contributed by atoms with E-state index >= 15 is 0 Å². The number of fused-ring (bicyclic) bond motifs is 1. The number of carbonyl (C=O) groups excluding carboxylic acids is 1. The Kier molecular flexibility index (Phi) is 4.47. The highest BCUT2D eigenvalue weighted by Crippen LogP contribution is 2.13. The summed E-state index contributed by atoms with van der Waals surface area (Å²) < 4.78 is 11.3. The van der Waals surface area contributed by atoms with Gasteiger partial charge in [0.1, 0.15) is 16.9 Å². The van der Waals surface area contributed by atoms with Gasteiger partial charge in [0, 0.05) is 30.6 Å². The molecule has 1 aromatic carbocycles. The van der Waals surface area contributed by atoms with Crippen molar-refractivity contribution in [2.24, 2.45) is 0 Å². The summed E-state index contributed by atoms with van der Waals surface area (Å²) >= 11 is 1.11. The molecule has 0 aliphatic carbocycles. The molecule has 0 bridgehead atoms. The summed E-state index contributed by atoms with van der Waals surface area (Å²) in [5, 5.41) is 7.13. The summed E-state index contributed by atoms with van der Waals surface area (Å²) in [6, 6.07) is 8.25. The number of imidazole rings is 1. The van der Waals surface area contributed by atoms with E-state index in [1.165, 1.54) is 10.7 Å². The second-order valence-electron chi connectivity index (χ2n) is 5.82. The average molecular weight is 381 g/mol. The smallest absolute Gasteiger partial charge is 0.266 e. The minimum atomic E-state index is -0.237. The molecule has 0 aliphatic rings. The highest BCUT2D eigenvalue weighted by Gasteiger charge is 2.09. The Bertz CT molecular complexity index is 1180. The van der Waals surface area contributed by atoms with E-state index < -0.39 is 0 Å². The molecule has 0 saturated carbocycles. The van der Waals surface area contributed by atoms with Crippen molar-refractivity contribution in [1.82, 2.24) is 33.4 Å². The van der Waals surface area contributed by atoms with Crippen LogP contribution in [0.5, 0.6) is 0 Å². The fourth-order valence-electron chi connectivity index (χ4n) is 2.65. The zero-order chi connectivity index (χ0) is 18.8. The lowest BCUT2D eigenvalue weighted by Gasteiger charge is -2.09. The predicted octanol–water partition coefficient (Wildman–Crippen LogP) is 1.17. The molecule has 0 aliphatic heterocycles. The van der Waals surface area contributed by atoms with Gasteiger partial charge in [0.05, 0.1) is 18.3 Å². The van der Waals surface area contributed by atoms with E-state index in [4.69, 9.17) is 0 Å². The molecule has 4 rings (SSSR count). The normalized spacial score (nSPS) is 11.0. The summed E-state index contributed by atoms with van der Waals surface area (Å²) in [7, 11) is 0. The number of rotatable bonds is 5. The number of nitrogens with zero attached hydrogens (tertiary/aromatic N) is 6. The third-order valence-electron chi connectivity index (χ3n) is 4.05. The zero-order valence-corrected chi connectivity index (χ0v) is 15.2. The summed E-state index contributed by atoms with van der Waals surface area (Å²) in [4.78, 5) is 28.5. The third-order valence-corrected chi connectivity index (χ3v) is 4.61. The first-order valence-corrected chi connectivity index (χ1v) is 8.94. The van der Waals surface area contributed by atoms with Crippen molar-refractivity contribution in [3.05, 3.63) is 64.5 Å². The fourth-order valence-corrected chi connectivity index (χ4v) is 3.17. The zero-order valence-electron chi connectivity index (χ0n) is 14.4. The molecular weight excluding hydrogens is 366 g/mol. The van der Waals surface area contributed by atoms with Crippen LogP contribution in [-0.4, -0.2) is 40.5 Å². The van der Waals surface area contributed by atoms with Crippen molar-refractivity contribution in [2.45, 2.75) is 13.5 Å². The van der Waals surface area contributed by atoms with E-state index in [0.717, 1.165) is 23.1 Å². The van der Waals surface area contributed by atoms with Gasteiger partial charge in [-0.25, -0.2) is 9.67 Å². The van der Waals surface area contributed by atoms with Gasteiger partial charge in [0.25, 0.3) is 11.5 Å². The Balaban J connectivity index is 1.44. The average Bonchev–Trinajstić information content (AvgIpc) is 3.31. The Labute approximate surface area is 157 Å². The Morgan fingerprint density at radius 1 is 1.19 bits per heavy atom. The topological polar surface area (TPSA) is 108 Å². The lowest BCUT2D eigenvalue weighted by molar-refractivity contribution is 0.0952. The van der Waals surface area contributed by atoms with Crippen molar-refractivity contribution in [2.75, 3.05) is 6.54 Å². The van der Waals surface area contributed by atoms with Gasteiger partial charge in [-0.1, -0.05) is 0 Å². The van der Waals surface area contributed by atoms with E-state index in [1.807, 2.05) is 6.92 Å². The van der Waals surface area contributed by atoms with E-state index in [1.54, 1.807) is 41.2 Å². The van der Waals surface area contributed by atoms with E-state index in [0.29, 0.717) is 16.9 Å². The number of aromatic nitrogens is 6. The molecule has 10 heteroatoms. The van der Waals surface area contributed by atoms with Gasteiger partial charge in [0.2, 0.25) is 0 Å². The lowest BCUT2D eigenvalue weighted by Crippen LogP contribution is -2.32. The van der Waals surface area contributed by atoms with Gasteiger partial charge in [-0.05, 0) is 31.2 Å². The molecule has 1 amide bonds. The van der Waals surface area contributed by atoms with E-state index in [-0.39, 0.29) is 24.6 Å². The summed E-state index contributed by atoms with van der Waals surface area (Å²) in [5.41, 5.74) is 1.71. The quantitative estimate of drug-likeness (QED) is 0.556. The number of carbonyl (C=O) groups is 1. The lowest BCUT2D eigenvalue weighted by atomic mass is 10.2. The van der Waals surface area contributed by atoms with Crippen LogP contribution in [0.15, 0.2) is 47.5 Å². The molecular formula is C17H15N7O2S. The van der Waals surface area contributed by atoms with Gasteiger partial charge in [-0.2, -0.15) is 13.8 Å². The van der Waals surface area contributed by atoms with Crippen LogP contribution in [0.4, 0.5) is 0 Å². The molecule has 0 spiro atoms. The van der Waals surface area contributed by atoms with Gasteiger partial charge >= 0.3 is 0 Å². The predicted molar refractivity (Wildman–Crippen MR) is 100 cm³/mol. The minimum Gasteiger partial charge on any atom is -0.350 e. The van der Waals surface area contributed by atoms with Crippen LogP contribution in [0.2, 0.25) is 0 Å². The molecule has 0 saturated heterocycles. The number of aryl methyl sites for hydroxylation is 1. The standard InChI is InChI=1S/C17H15N7O2S/c1-11-18-6-8-23(11)15-4-5-16(25)24(20-15)9-7-19-17(26)12-2-3-13-14(10-12)22-27-21-13/h2-6,8,10H,7,9H2,1H3,(H,19,26). The van der Waals surface area contributed by atoms with Crippen molar-refractivity contribution >= 4 is 28.7 Å². The fraction of sp³-hybridized carbons (Fsp3) is 0.176. The van der Waals surface area contributed by atoms with Crippen LogP contribution >= 0.6 is 11.7 Å². The maximum absolute atomic E-state index is 12.3. The molecule has 1 N–H and O–H groups in total. The number of nitrogens with one attached hydrogen (secondary N) is 1. The number of hydrogen-bond acceptors (Lipinski definition) is 7. The van der Waals surface area contributed by atoms with E-state index in [9.17, 15) is 9.59 Å². The van der Waals surface area contributed by atoms with Crippen LogP contribution in [0.3, 0.4) is 0 Å². The molecule has 0 unspecified atom stereocenters. The first-order valence-electron chi connectivity index (χ1n) is 8.21. The summed E-state index contributed by atoms with van der Waals surface area (Å²) in [6.45, 7) is 2.38. The maximum Gasteiger partial charge on any atom is 0.266 e. The molecule has 4 aromatic rings. The first-order chi connectivity index (χ1) is 13.1. The van der Waals surface area contributed by atoms with Crippen molar-refractivity contribution < 1.29 is 4.79 Å². The van der Waals surface area contributed by atoms with Crippen LogP contribution in [0.25, 0.3) is 16.9 Å². The Morgan fingerprint density at radius 2 is 2.04 bits per heavy atom. The molecule has 136 valence electrons. The van der Waals surface area contributed by atoms with Crippen molar-refractivity contribution in [3.63, 3.8) is 0 Å². The monoisotopic (exact) mass is 381 g/mol.